The predicted octanol–water partition coefficient (Wildman–Crippen LogP) is 12.0. The molecule has 0 N–H and O–H groups in total. The highest BCUT2D eigenvalue weighted by Crippen LogP contribution is 2.44. The lowest BCUT2D eigenvalue weighted by molar-refractivity contribution is 0.669. The van der Waals surface area contributed by atoms with Gasteiger partial charge in [-0.2, -0.15) is 0 Å². The molecule has 0 amide bonds. The molecule has 0 aliphatic rings. The minimum atomic E-state index is 0.925. The van der Waals surface area contributed by atoms with Crippen molar-refractivity contribution in [1.29, 1.82) is 0 Å². The van der Waals surface area contributed by atoms with Crippen LogP contribution in [0.5, 0.6) is 0 Å². The molecule has 0 bridgehead atoms. The van der Waals surface area contributed by atoms with E-state index in [1.807, 2.05) is 12.1 Å². The van der Waals surface area contributed by atoms with Gasteiger partial charge in [0.25, 0.3) is 0 Å². The molecule has 200 valence electrons. The Balaban J connectivity index is 1.23. The second-order valence-electron chi connectivity index (χ2n) is 11.3. The van der Waals surface area contributed by atoms with Crippen LogP contribution in [0.4, 0.5) is 0 Å². The van der Waals surface area contributed by atoms with Crippen LogP contribution in [-0.4, -0.2) is 0 Å². The SMILES string of the molecule is c1ccc(-c2c3ccccc3c(-c3ccc(-c4cccc5cc6c(cc45)oc4ccccc46)cc3)c3ccccc23)cc1. The second kappa shape index (κ2) is 9.44. The summed E-state index contributed by atoms with van der Waals surface area (Å²) in [6.45, 7) is 0. The van der Waals surface area contributed by atoms with E-state index in [4.69, 9.17) is 4.42 Å². The van der Waals surface area contributed by atoms with E-state index in [0.717, 1.165) is 21.9 Å². The molecule has 9 aromatic rings. The van der Waals surface area contributed by atoms with Crippen LogP contribution in [-0.2, 0) is 0 Å². The van der Waals surface area contributed by atoms with Crippen LogP contribution in [0.15, 0.2) is 162 Å². The van der Waals surface area contributed by atoms with Crippen molar-refractivity contribution in [2.75, 3.05) is 0 Å². The van der Waals surface area contributed by atoms with E-state index in [2.05, 4.69) is 146 Å². The largest absolute Gasteiger partial charge is 0.456 e. The average Bonchev–Trinajstić information content (AvgIpc) is 3.44. The Morgan fingerprint density at radius 2 is 0.837 bits per heavy atom. The molecular formula is C42H26O. The zero-order valence-corrected chi connectivity index (χ0v) is 23.4. The highest BCUT2D eigenvalue weighted by atomic mass is 16.3. The van der Waals surface area contributed by atoms with E-state index in [1.54, 1.807) is 0 Å². The zero-order valence-electron chi connectivity index (χ0n) is 23.4. The Kier molecular flexibility index (Phi) is 5.27. The van der Waals surface area contributed by atoms with Crippen LogP contribution in [0.2, 0.25) is 0 Å². The number of benzene rings is 8. The minimum Gasteiger partial charge on any atom is -0.456 e. The summed E-state index contributed by atoms with van der Waals surface area (Å²) in [5, 5.41) is 9.82. The van der Waals surface area contributed by atoms with Crippen molar-refractivity contribution in [3.63, 3.8) is 0 Å². The maximum Gasteiger partial charge on any atom is 0.136 e. The normalized spacial score (nSPS) is 11.7. The van der Waals surface area contributed by atoms with Gasteiger partial charge in [0.1, 0.15) is 11.2 Å². The Hall–Kier alpha value is -5.66. The van der Waals surface area contributed by atoms with Crippen LogP contribution in [0.1, 0.15) is 0 Å². The lowest BCUT2D eigenvalue weighted by Crippen LogP contribution is -1.90. The van der Waals surface area contributed by atoms with E-state index in [9.17, 15) is 0 Å². The van der Waals surface area contributed by atoms with Crippen molar-refractivity contribution < 1.29 is 4.42 Å². The first kappa shape index (κ1) is 24.0. The van der Waals surface area contributed by atoms with Crippen molar-refractivity contribution in [2.24, 2.45) is 0 Å². The van der Waals surface area contributed by atoms with Crippen LogP contribution in [0.25, 0.3) is 87.6 Å². The molecule has 0 aliphatic heterocycles. The first-order valence-electron chi connectivity index (χ1n) is 14.8. The van der Waals surface area contributed by atoms with Gasteiger partial charge in [-0.15, -0.1) is 0 Å². The zero-order chi connectivity index (χ0) is 28.3. The molecule has 0 radical (unpaired) electrons. The predicted molar refractivity (Wildman–Crippen MR) is 183 cm³/mol. The van der Waals surface area contributed by atoms with Crippen LogP contribution < -0.4 is 0 Å². The molecule has 8 aromatic carbocycles. The summed E-state index contributed by atoms with van der Waals surface area (Å²) >= 11 is 0. The summed E-state index contributed by atoms with van der Waals surface area (Å²) in [6, 6.07) is 56.8. The molecule has 0 fully saturated rings. The first-order valence-corrected chi connectivity index (χ1v) is 14.8. The topological polar surface area (TPSA) is 13.1 Å². The molecule has 0 aliphatic carbocycles. The van der Waals surface area contributed by atoms with Gasteiger partial charge < -0.3 is 4.42 Å². The van der Waals surface area contributed by atoms with Crippen molar-refractivity contribution in [3.05, 3.63) is 158 Å². The quantitative estimate of drug-likeness (QED) is 0.201. The Labute approximate surface area is 249 Å². The number of para-hydroxylation sites is 1. The van der Waals surface area contributed by atoms with Crippen molar-refractivity contribution in [3.8, 4) is 33.4 Å². The van der Waals surface area contributed by atoms with E-state index >= 15 is 0 Å². The lowest BCUT2D eigenvalue weighted by atomic mass is 9.85. The molecule has 1 aromatic heterocycles. The monoisotopic (exact) mass is 546 g/mol. The Morgan fingerprint density at radius 3 is 1.49 bits per heavy atom. The molecule has 0 atom stereocenters. The van der Waals surface area contributed by atoms with E-state index in [1.165, 1.54) is 65.7 Å². The van der Waals surface area contributed by atoms with E-state index in [-0.39, 0.29) is 0 Å². The average molecular weight is 547 g/mol. The smallest absolute Gasteiger partial charge is 0.136 e. The van der Waals surface area contributed by atoms with Gasteiger partial charge in [-0.3, -0.25) is 0 Å². The maximum atomic E-state index is 6.25. The Morgan fingerprint density at radius 1 is 0.302 bits per heavy atom. The van der Waals surface area contributed by atoms with Crippen LogP contribution in [0, 0.1) is 0 Å². The molecule has 1 nitrogen and oxygen atoms in total. The van der Waals surface area contributed by atoms with Crippen molar-refractivity contribution >= 4 is 54.3 Å². The van der Waals surface area contributed by atoms with Crippen molar-refractivity contribution in [1.82, 2.24) is 0 Å². The summed E-state index contributed by atoms with van der Waals surface area (Å²) in [5.41, 5.74) is 9.28. The number of hydrogen-bond donors (Lipinski definition) is 0. The Bertz CT molecular complexity index is 2420. The number of fused-ring (bicyclic) bond motifs is 6. The van der Waals surface area contributed by atoms with Crippen molar-refractivity contribution in [2.45, 2.75) is 0 Å². The van der Waals surface area contributed by atoms with E-state index in [0.29, 0.717) is 0 Å². The third-order valence-corrected chi connectivity index (χ3v) is 8.86. The summed E-state index contributed by atoms with van der Waals surface area (Å²) < 4.78 is 6.25. The lowest BCUT2D eigenvalue weighted by Gasteiger charge is -2.18. The van der Waals surface area contributed by atoms with Gasteiger partial charge in [0.15, 0.2) is 0 Å². The highest BCUT2D eigenvalue weighted by Gasteiger charge is 2.17. The number of furan rings is 1. The third-order valence-electron chi connectivity index (χ3n) is 8.86. The van der Waals surface area contributed by atoms with E-state index < -0.39 is 0 Å². The molecule has 43 heavy (non-hydrogen) atoms. The molecule has 0 spiro atoms. The highest BCUT2D eigenvalue weighted by molar-refractivity contribution is 6.21. The molecule has 0 saturated heterocycles. The summed E-state index contributed by atoms with van der Waals surface area (Å²) in [4.78, 5) is 0. The molecule has 0 saturated carbocycles. The van der Waals surface area contributed by atoms with Gasteiger partial charge >= 0.3 is 0 Å². The van der Waals surface area contributed by atoms with Gasteiger partial charge in [0.2, 0.25) is 0 Å². The van der Waals surface area contributed by atoms with Crippen LogP contribution >= 0.6 is 0 Å². The molecular weight excluding hydrogens is 520 g/mol. The molecule has 1 heteroatoms. The second-order valence-corrected chi connectivity index (χ2v) is 11.3. The maximum absolute atomic E-state index is 6.25. The summed E-state index contributed by atoms with van der Waals surface area (Å²) in [5.74, 6) is 0. The van der Waals surface area contributed by atoms with Crippen LogP contribution in [0.3, 0.4) is 0 Å². The first-order chi connectivity index (χ1) is 21.3. The minimum absolute atomic E-state index is 0.925. The van der Waals surface area contributed by atoms with Gasteiger partial charge in [-0.25, -0.2) is 0 Å². The number of hydrogen-bond acceptors (Lipinski definition) is 1. The van der Waals surface area contributed by atoms with Gasteiger partial charge in [-0.05, 0) is 83.9 Å². The fraction of sp³-hybridized carbons (Fsp3) is 0. The fourth-order valence-corrected chi connectivity index (χ4v) is 6.92. The molecule has 1 heterocycles. The van der Waals surface area contributed by atoms with Gasteiger partial charge in [-0.1, -0.05) is 140 Å². The van der Waals surface area contributed by atoms with Gasteiger partial charge in [0.05, 0.1) is 0 Å². The number of rotatable bonds is 3. The summed E-state index contributed by atoms with van der Waals surface area (Å²) in [7, 11) is 0. The fourth-order valence-electron chi connectivity index (χ4n) is 6.92. The third kappa shape index (κ3) is 3.72. The summed E-state index contributed by atoms with van der Waals surface area (Å²) in [6.07, 6.45) is 0. The van der Waals surface area contributed by atoms with Gasteiger partial charge in [0, 0.05) is 10.8 Å². The molecule has 9 rings (SSSR count). The standard InChI is InChI=1S/C42H26O/c1-2-11-28(12-3-1)41-33-15-4-6-17-35(33)42(36-18-7-5-16-34(36)41)29-23-21-27(22-24-29)31-19-10-13-30-25-38-32-14-8-9-20-39(32)43-40(38)26-37(30)31/h1-26H. The molecule has 0 unspecified atom stereocenters.